The van der Waals surface area contributed by atoms with Crippen LogP contribution >= 0.6 is 0 Å². The summed E-state index contributed by atoms with van der Waals surface area (Å²) in [5.74, 6) is -0.202. The molecule has 0 bridgehead atoms. The van der Waals surface area contributed by atoms with Crippen molar-refractivity contribution in [3.8, 4) is 5.75 Å². The van der Waals surface area contributed by atoms with E-state index in [4.69, 9.17) is 14.5 Å². The van der Waals surface area contributed by atoms with E-state index in [0.29, 0.717) is 23.5 Å². The Morgan fingerprint density at radius 2 is 1.91 bits per heavy atom. The molecule has 1 aromatic heterocycles. The molecule has 0 saturated heterocycles. The third-order valence-corrected chi connectivity index (χ3v) is 5.58. The van der Waals surface area contributed by atoms with Crippen LogP contribution in [0.3, 0.4) is 0 Å². The second-order valence-electron chi connectivity index (χ2n) is 7.81. The zero-order chi connectivity index (χ0) is 22.5. The third kappa shape index (κ3) is 4.73. The van der Waals surface area contributed by atoms with Gasteiger partial charge in [-0.1, -0.05) is 25.1 Å². The van der Waals surface area contributed by atoms with Crippen molar-refractivity contribution < 1.29 is 19.1 Å². The van der Waals surface area contributed by atoms with Crippen LogP contribution < -0.4 is 10.1 Å². The summed E-state index contributed by atoms with van der Waals surface area (Å²) in [4.78, 5) is 32.6. The van der Waals surface area contributed by atoms with E-state index in [1.54, 1.807) is 31.4 Å². The van der Waals surface area contributed by atoms with Crippen molar-refractivity contribution >= 4 is 28.5 Å². The Balaban J connectivity index is 1.53. The summed E-state index contributed by atoms with van der Waals surface area (Å²) >= 11 is 0. The van der Waals surface area contributed by atoms with E-state index in [1.807, 2.05) is 24.3 Å². The first kappa shape index (κ1) is 21.8. The summed E-state index contributed by atoms with van der Waals surface area (Å²) in [6.45, 7) is 4.32. The van der Waals surface area contributed by atoms with Crippen molar-refractivity contribution in [1.29, 1.82) is 0 Å². The molecule has 0 saturated carbocycles. The van der Waals surface area contributed by atoms with Crippen molar-refractivity contribution in [3.63, 3.8) is 0 Å². The molecule has 7 heteroatoms. The molecule has 2 aromatic carbocycles. The van der Waals surface area contributed by atoms with Crippen LogP contribution in [0.5, 0.6) is 5.75 Å². The lowest BCUT2D eigenvalue weighted by Gasteiger charge is -2.29. The van der Waals surface area contributed by atoms with Gasteiger partial charge in [0.25, 0.3) is 5.91 Å². The van der Waals surface area contributed by atoms with E-state index in [-0.39, 0.29) is 6.61 Å². The molecule has 32 heavy (non-hydrogen) atoms. The number of anilines is 1. The van der Waals surface area contributed by atoms with Gasteiger partial charge in [0.2, 0.25) is 0 Å². The number of pyridine rings is 1. The number of carbonyl (C=O) groups excluding carboxylic acids is 2. The minimum atomic E-state index is -0.497. The zero-order valence-corrected chi connectivity index (χ0v) is 18.4. The van der Waals surface area contributed by atoms with E-state index in [9.17, 15) is 9.59 Å². The molecule has 0 atom stereocenters. The number of nitrogens with zero attached hydrogens (tertiary/aromatic N) is 2. The predicted octanol–water partition coefficient (Wildman–Crippen LogP) is 3.81. The summed E-state index contributed by atoms with van der Waals surface area (Å²) < 4.78 is 10.6. The van der Waals surface area contributed by atoms with E-state index in [1.165, 1.54) is 0 Å². The number of methoxy groups -OCH3 is 1. The fourth-order valence-corrected chi connectivity index (χ4v) is 4.06. The highest BCUT2D eigenvalue weighted by Gasteiger charge is 2.26. The molecule has 0 radical (unpaired) electrons. The highest BCUT2D eigenvalue weighted by atomic mass is 16.5. The molecule has 2 heterocycles. The first-order chi connectivity index (χ1) is 15.6. The number of benzene rings is 2. The van der Waals surface area contributed by atoms with E-state index in [2.05, 4.69) is 17.1 Å². The van der Waals surface area contributed by atoms with Crippen LogP contribution in [0.2, 0.25) is 0 Å². The maximum absolute atomic E-state index is 13.2. The number of nitrogens with one attached hydrogen (secondary N) is 1. The molecular weight excluding hydrogens is 406 g/mol. The fourth-order valence-electron chi connectivity index (χ4n) is 4.06. The van der Waals surface area contributed by atoms with Crippen LogP contribution in [-0.4, -0.2) is 48.6 Å². The summed E-state index contributed by atoms with van der Waals surface area (Å²) in [7, 11) is 1.58. The molecule has 4 rings (SSSR count). The van der Waals surface area contributed by atoms with Crippen molar-refractivity contribution in [3.05, 3.63) is 65.4 Å². The fraction of sp³-hybridized carbons (Fsp3) is 0.320. The van der Waals surface area contributed by atoms with Gasteiger partial charge in [-0.15, -0.1) is 0 Å². The largest absolute Gasteiger partial charge is 0.497 e. The van der Waals surface area contributed by atoms with E-state index in [0.717, 1.165) is 48.1 Å². The Morgan fingerprint density at radius 3 is 2.66 bits per heavy atom. The lowest BCUT2D eigenvalue weighted by molar-refractivity contribution is -0.119. The monoisotopic (exact) mass is 433 g/mol. The molecule has 1 aliphatic rings. The average Bonchev–Trinajstić information content (AvgIpc) is 2.82. The van der Waals surface area contributed by atoms with Gasteiger partial charge in [0.15, 0.2) is 6.61 Å². The number of rotatable bonds is 7. The molecule has 0 spiro atoms. The van der Waals surface area contributed by atoms with E-state index >= 15 is 0 Å². The number of aromatic nitrogens is 1. The van der Waals surface area contributed by atoms with Crippen LogP contribution in [-0.2, 0) is 22.5 Å². The lowest BCUT2D eigenvalue weighted by atomic mass is 9.95. The van der Waals surface area contributed by atoms with Crippen LogP contribution in [0.15, 0.2) is 48.5 Å². The molecule has 0 unspecified atom stereocenters. The van der Waals surface area contributed by atoms with Crippen LogP contribution in [0, 0.1) is 0 Å². The molecule has 0 fully saturated rings. The van der Waals surface area contributed by atoms with Crippen LogP contribution in [0.25, 0.3) is 10.9 Å². The molecule has 7 nitrogen and oxygen atoms in total. The molecule has 0 aliphatic carbocycles. The lowest BCUT2D eigenvalue weighted by Crippen LogP contribution is -2.33. The zero-order valence-electron chi connectivity index (χ0n) is 18.4. The first-order valence-electron chi connectivity index (χ1n) is 10.8. The summed E-state index contributed by atoms with van der Waals surface area (Å²) in [5.41, 5.74) is 3.73. The molecule has 1 amide bonds. The van der Waals surface area contributed by atoms with Crippen molar-refractivity contribution in [2.24, 2.45) is 0 Å². The third-order valence-electron chi connectivity index (χ3n) is 5.58. The topological polar surface area (TPSA) is 80.8 Å². The van der Waals surface area contributed by atoms with Gasteiger partial charge < -0.3 is 14.8 Å². The van der Waals surface area contributed by atoms with Gasteiger partial charge >= 0.3 is 5.97 Å². The Labute approximate surface area is 187 Å². The van der Waals surface area contributed by atoms with Gasteiger partial charge in [-0.3, -0.25) is 14.7 Å². The summed E-state index contributed by atoms with van der Waals surface area (Å²) in [6, 6.07) is 14.5. The van der Waals surface area contributed by atoms with Gasteiger partial charge in [-0.2, -0.15) is 0 Å². The Kier molecular flexibility index (Phi) is 6.66. The molecular formula is C25H27N3O4. The van der Waals surface area contributed by atoms with Gasteiger partial charge in [0, 0.05) is 41.8 Å². The van der Waals surface area contributed by atoms with Crippen molar-refractivity contribution in [2.45, 2.75) is 26.3 Å². The van der Waals surface area contributed by atoms with Gasteiger partial charge in [0.05, 0.1) is 18.2 Å². The predicted molar refractivity (Wildman–Crippen MR) is 123 cm³/mol. The smallest absolute Gasteiger partial charge is 0.339 e. The molecule has 166 valence electrons. The molecule has 1 N–H and O–H groups in total. The van der Waals surface area contributed by atoms with Crippen LogP contribution in [0.4, 0.5) is 5.69 Å². The van der Waals surface area contributed by atoms with Crippen molar-refractivity contribution in [2.75, 3.05) is 32.1 Å². The van der Waals surface area contributed by atoms with Gasteiger partial charge in [0.1, 0.15) is 5.75 Å². The Morgan fingerprint density at radius 1 is 1.12 bits per heavy atom. The van der Waals surface area contributed by atoms with E-state index < -0.39 is 11.9 Å². The Bertz CT molecular complexity index is 1130. The number of carbonyl (C=O) groups is 2. The number of para-hydroxylation sites is 1. The second-order valence-corrected chi connectivity index (χ2v) is 7.81. The Hall–Kier alpha value is -3.45. The van der Waals surface area contributed by atoms with Crippen molar-refractivity contribution in [1.82, 2.24) is 9.88 Å². The number of esters is 1. The highest BCUT2D eigenvalue weighted by Crippen LogP contribution is 2.29. The standard InChI is InChI=1S/C25H27N3O4/c1-3-13-28-14-12-22-20(15-28)24(19-6-4-5-7-21(19)27-22)25(30)32-16-23(29)26-17-8-10-18(31-2)11-9-17/h4-11H,3,12-16H2,1-2H3,(H,26,29). The quantitative estimate of drug-likeness (QED) is 0.571. The van der Waals surface area contributed by atoms with Gasteiger partial charge in [-0.25, -0.2) is 4.79 Å². The number of ether oxygens (including phenoxy) is 2. The minimum Gasteiger partial charge on any atom is -0.497 e. The molecule has 1 aliphatic heterocycles. The van der Waals surface area contributed by atoms with Crippen LogP contribution in [0.1, 0.15) is 35.0 Å². The summed E-state index contributed by atoms with van der Waals surface area (Å²) in [6.07, 6.45) is 1.83. The summed E-state index contributed by atoms with van der Waals surface area (Å²) in [5, 5.41) is 3.49. The average molecular weight is 434 g/mol. The van der Waals surface area contributed by atoms with Gasteiger partial charge in [-0.05, 0) is 43.3 Å². The normalized spacial score (nSPS) is 13.4. The molecule has 3 aromatic rings. The highest BCUT2D eigenvalue weighted by molar-refractivity contribution is 6.06. The number of hydrogen-bond acceptors (Lipinski definition) is 6. The number of hydrogen-bond donors (Lipinski definition) is 1. The maximum Gasteiger partial charge on any atom is 0.339 e. The SMILES string of the molecule is CCCN1CCc2nc3ccccc3c(C(=O)OCC(=O)Nc3ccc(OC)cc3)c2C1. The number of fused-ring (bicyclic) bond motifs is 2. The minimum absolute atomic E-state index is 0.366. The number of amides is 1. The second kappa shape index (κ2) is 9.78. The maximum atomic E-state index is 13.2. The first-order valence-corrected chi connectivity index (χ1v) is 10.8.